The third-order valence-electron chi connectivity index (χ3n) is 1.71. The van der Waals surface area contributed by atoms with Crippen LogP contribution in [-0.2, 0) is 6.54 Å². The minimum atomic E-state index is 0.929. The molecule has 3 nitrogen and oxygen atoms in total. The first-order chi connectivity index (χ1) is 5.93. The number of rotatable bonds is 6. The van der Waals surface area contributed by atoms with Crippen molar-refractivity contribution in [1.29, 1.82) is 0 Å². The van der Waals surface area contributed by atoms with Crippen LogP contribution < -0.4 is 10.6 Å². The lowest BCUT2D eigenvalue weighted by Crippen LogP contribution is -2.26. The smallest absolute Gasteiger partial charge is 0.0357 e. The molecule has 12 heavy (non-hydrogen) atoms. The van der Waals surface area contributed by atoms with Gasteiger partial charge in [0.05, 0.1) is 0 Å². The Hall–Kier alpha value is -0.800. The normalized spacial score (nSPS) is 10.4. The summed E-state index contributed by atoms with van der Waals surface area (Å²) in [6.07, 6.45) is 1.95. The third-order valence-corrected chi connectivity index (χ3v) is 1.71. The van der Waals surface area contributed by atoms with Crippen molar-refractivity contribution < 1.29 is 0 Å². The van der Waals surface area contributed by atoms with Gasteiger partial charge in [-0.25, -0.2) is 0 Å². The van der Waals surface area contributed by atoms with E-state index < -0.39 is 0 Å². The Labute approximate surface area is 73.6 Å². The lowest BCUT2D eigenvalue weighted by molar-refractivity contribution is 0.620. The Kier molecular flexibility index (Phi) is 4.49. The number of aromatic amines is 1. The third kappa shape index (κ3) is 3.55. The van der Waals surface area contributed by atoms with Crippen LogP contribution in [0.4, 0.5) is 0 Å². The van der Waals surface area contributed by atoms with Gasteiger partial charge < -0.3 is 15.6 Å². The predicted molar refractivity (Wildman–Crippen MR) is 51.0 cm³/mol. The maximum atomic E-state index is 3.33. The van der Waals surface area contributed by atoms with Gasteiger partial charge in [-0.15, -0.1) is 0 Å². The Morgan fingerprint density at radius 1 is 1.33 bits per heavy atom. The topological polar surface area (TPSA) is 39.8 Å². The van der Waals surface area contributed by atoms with E-state index in [1.165, 1.54) is 5.69 Å². The average Bonchev–Trinajstić information content (AvgIpc) is 2.57. The van der Waals surface area contributed by atoms with Crippen LogP contribution in [0, 0.1) is 0 Å². The van der Waals surface area contributed by atoms with Crippen LogP contribution in [0.5, 0.6) is 0 Å². The second kappa shape index (κ2) is 5.80. The number of aromatic nitrogens is 1. The summed E-state index contributed by atoms with van der Waals surface area (Å²) in [6, 6.07) is 4.10. The zero-order valence-electron chi connectivity index (χ0n) is 7.56. The van der Waals surface area contributed by atoms with Crippen LogP contribution in [0.2, 0.25) is 0 Å². The van der Waals surface area contributed by atoms with Gasteiger partial charge in [0, 0.05) is 31.5 Å². The number of hydrogen-bond donors (Lipinski definition) is 3. The maximum Gasteiger partial charge on any atom is 0.0357 e. The molecule has 68 valence electrons. The number of hydrogen-bond acceptors (Lipinski definition) is 2. The van der Waals surface area contributed by atoms with Crippen molar-refractivity contribution in [2.24, 2.45) is 0 Å². The first-order valence-corrected chi connectivity index (χ1v) is 4.47. The highest BCUT2D eigenvalue weighted by Crippen LogP contribution is 1.91. The SMILES string of the molecule is CCNCCNCc1ccc[nH]1. The molecule has 1 rings (SSSR count). The fraction of sp³-hybridized carbons (Fsp3) is 0.556. The summed E-state index contributed by atoms with van der Waals surface area (Å²) >= 11 is 0. The molecule has 1 heterocycles. The van der Waals surface area contributed by atoms with E-state index in [0.717, 1.165) is 26.2 Å². The molecule has 0 fully saturated rings. The molecule has 0 saturated carbocycles. The summed E-state index contributed by atoms with van der Waals surface area (Å²) in [6.45, 7) is 6.15. The molecule has 0 aliphatic rings. The molecule has 0 aromatic carbocycles. The van der Waals surface area contributed by atoms with Crippen molar-refractivity contribution in [3.8, 4) is 0 Å². The quantitative estimate of drug-likeness (QED) is 0.546. The van der Waals surface area contributed by atoms with Crippen LogP contribution in [0.25, 0.3) is 0 Å². The molecule has 1 aromatic heterocycles. The zero-order chi connectivity index (χ0) is 8.65. The minimum absolute atomic E-state index is 0.929. The average molecular weight is 167 g/mol. The molecular formula is C9H17N3. The van der Waals surface area contributed by atoms with Gasteiger partial charge in [-0.1, -0.05) is 6.92 Å². The fourth-order valence-electron chi connectivity index (χ4n) is 1.05. The molecule has 0 spiro atoms. The van der Waals surface area contributed by atoms with Crippen LogP contribution in [0.3, 0.4) is 0 Å². The summed E-state index contributed by atoms with van der Waals surface area (Å²) in [5.74, 6) is 0. The van der Waals surface area contributed by atoms with Crippen LogP contribution in [0.15, 0.2) is 18.3 Å². The highest BCUT2D eigenvalue weighted by atomic mass is 14.9. The summed E-state index contributed by atoms with van der Waals surface area (Å²) in [5, 5.41) is 6.58. The van der Waals surface area contributed by atoms with Crippen molar-refractivity contribution >= 4 is 0 Å². The summed E-state index contributed by atoms with van der Waals surface area (Å²) in [5.41, 5.74) is 1.24. The highest BCUT2D eigenvalue weighted by molar-refractivity contribution is 5.02. The predicted octanol–water partition coefficient (Wildman–Crippen LogP) is 0.714. The van der Waals surface area contributed by atoms with Crippen molar-refractivity contribution in [3.63, 3.8) is 0 Å². The Morgan fingerprint density at radius 3 is 2.83 bits per heavy atom. The molecule has 0 unspecified atom stereocenters. The first kappa shape index (κ1) is 9.29. The molecular weight excluding hydrogens is 150 g/mol. The molecule has 0 radical (unpaired) electrons. The number of likely N-dealkylation sites (N-methyl/N-ethyl adjacent to an activating group) is 1. The molecule has 3 N–H and O–H groups in total. The van der Waals surface area contributed by atoms with Crippen LogP contribution in [0.1, 0.15) is 12.6 Å². The molecule has 0 bridgehead atoms. The van der Waals surface area contributed by atoms with Crippen molar-refractivity contribution in [2.75, 3.05) is 19.6 Å². The fourth-order valence-corrected chi connectivity index (χ4v) is 1.05. The van der Waals surface area contributed by atoms with E-state index in [1.807, 2.05) is 12.3 Å². The molecule has 0 aliphatic carbocycles. The second-order valence-electron chi connectivity index (χ2n) is 2.73. The monoisotopic (exact) mass is 167 g/mol. The summed E-state index contributed by atoms with van der Waals surface area (Å²) in [4.78, 5) is 3.15. The van der Waals surface area contributed by atoms with Gasteiger partial charge >= 0.3 is 0 Å². The van der Waals surface area contributed by atoms with E-state index in [1.54, 1.807) is 0 Å². The molecule has 0 atom stereocenters. The molecule has 1 aromatic rings. The minimum Gasteiger partial charge on any atom is -0.364 e. The van der Waals surface area contributed by atoms with Gasteiger partial charge in [0.15, 0.2) is 0 Å². The van der Waals surface area contributed by atoms with E-state index in [2.05, 4.69) is 28.6 Å². The van der Waals surface area contributed by atoms with Gasteiger partial charge in [0.2, 0.25) is 0 Å². The molecule has 3 heteroatoms. The van der Waals surface area contributed by atoms with Crippen LogP contribution in [-0.4, -0.2) is 24.6 Å². The van der Waals surface area contributed by atoms with Gasteiger partial charge in [0.1, 0.15) is 0 Å². The van der Waals surface area contributed by atoms with Crippen molar-refractivity contribution in [1.82, 2.24) is 15.6 Å². The Morgan fingerprint density at radius 2 is 2.17 bits per heavy atom. The lowest BCUT2D eigenvalue weighted by atomic mass is 10.4. The lowest BCUT2D eigenvalue weighted by Gasteiger charge is -2.02. The number of H-pyrrole nitrogens is 1. The van der Waals surface area contributed by atoms with Crippen molar-refractivity contribution in [2.45, 2.75) is 13.5 Å². The molecule has 0 saturated heterocycles. The molecule has 0 aliphatic heterocycles. The van der Waals surface area contributed by atoms with Gasteiger partial charge in [0.25, 0.3) is 0 Å². The summed E-state index contributed by atoms with van der Waals surface area (Å²) in [7, 11) is 0. The van der Waals surface area contributed by atoms with E-state index in [-0.39, 0.29) is 0 Å². The maximum absolute atomic E-state index is 3.33. The van der Waals surface area contributed by atoms with E-state index in [0.29, 0.717) is 0 Å². The van der Waals surface area contributed by atoms with E-state index in [9.17, 15) is 0 Å². The van der Waals surface area contributed by atoms with Gasteiger partial charge in [-0.05, 0) is 18.7 Å². The van der Waals surface area contributed by atoms with Crippen molar-refractivity contribution in [3.05, 3.63) is 24.0 Å². The van der Waals surface area contributed by atoms with Gasteiger partial charge in [-0.3, -0.25) is 0 Å². The van der Waals surface area contributed by atoms with Gasteiger partial charge in [-0.2, -0.15) is 0 Å². The second-order valence-corrected chi connectivity index (χ2v) is 2.73. The Bertz CT molecular complexity index is 182. The number of nitrogens with one attached hydrogen (secondary N) is 3. The van der Waals surface area contributed by atoms with E-state index >= 15 is 0 Å². The largest absolute Gasteiger partial charge is 0.364 e. The standard InChI is InChI=1S/C9H17N3/c1-2-10-6-7-11-8-9-4-3-5-12-9/h3-5,10-12H,2,6-8H2,1H3. The first-order valence-electron chi connectivity index (χ1n) is 4.47. The molecule has 0 amide bonds. The highest BCUT2D eigenvalue weighted by Gasteiger charge is 1.90. The zero-order valence-corrected chi connectivity index (χ0v) is 7.56. The van der Waals surface area contributed by atoms with E-state index in [4.69, 9.17) is 0 Å². The van der Waals surface area contributed by atoms with Crippen LogP contribution >= 0.6 is 0 Å². The summed E-state index contributed by atoms with van der Waals surface area (Å²) < 4.78 is 0. The Balaban J connectivity index is 1.96.